The Labute approximate surface area is 135 Å². The van der Waals surface area contributed by atoms with Crippen LogP contribution < -0.4 is 0 Å². The van der Waals surface area contributed by atoms with Crippen LogP contribution in [0.1, 0.15) is 15.9 Å². The maximum absolute atomic E-state index is 10.9. The molecule has 0 aromatic heterocycles. The first-order valence-corrected chi connectivity index (χ1v) is 6.99. The topological polar surface area (TPSA) is 121 Å². The molecule has 0 atom stereocenters. The molecule has 0 radical (unpaired) electrons. The highest BCUT2D eigenvalue weighted by Crippen LogP contribution is 2.29. The number of carbonyl (C=O) groups is 1. The van der Waals surface area contributed by atoms with Crippen molar-refractivity contribution in [2.45, 2.75) is 11.8 Å². The third-order valence-corrected chi connectivity index (χ3v) is 3.57. The molecule has 0 aliphatic carbocycles. The highest BCUT2D eigenvalue weighted by atomic mass is 32.2. The molecule has 3 N–H and O–H groups in total. The average molecular weight is 336 g/mol. The minimum absolute atomic E-state index is 0.255. The zero-order valence-electron chi connectivity index (χ0n) is 11.8. The van der Waals surface area contributed by atoms with Gasteiger partial charge in [0.2, 0.25) is 0 Å². The maximum atomic E-state index is 10.9. The zero-order valence-corrected chi connectivity index (χ0v) is 12.6. The Morgan fingerprint density at radius 2 is 1.78 bits per heavy atom. The SMILES string of the molecule is Cc1ccc(N=Nc2ccc(O)c(C(=O)O)c2)cc1SOOO. The fraction of sp³-hybridized carbons (Fsp3) is 0.0714. The number of benzene rings is 2. The first kappa shape index (κ1) is 16.9. The summed E-state index contributed by atoms with van der Waals surface area (Å²) >= 11 is 0.807. The molecule has 9 heteroatoms. The average Bonchev–Trinajstić information content (AvgIpc) is 2.53. The van der Waals surface area contributed by atoms with E-state index < -0.39 is 5.97 Å². The Balaban J connectivity index is 2.23. The molecule has 0 amide bonds. The molecular weight excluding hydrogens is 324 g/mol. The van der Waals surface area contributed by atoms with Crippen LogP contribution in [-0.2, 0) is 9.37 Å². The van der Waals surface area contributed by atoms with Crippen molar-refractivity contribution >= 4 is 29.4 Å². The van der Waals surface area contributed by atoms with Gasteiger partial charge in [-0.3, -0.25) is 0 Å². The normalized spacial score (nSPS) is 11.0. The summed E-state index contributed by atoms with van der Waals surface area (Å²) in [6.45, 7) is 1.84. The van der Waals surface area contributed by atoms with Gasteiger partial charge < -0.3 is 10.2 Å². The lowest BCUT2D eigenvalue weighted by molar-refractivity contribution is -0.432. The van der Waals surface area contributed by atoms with E-state index in [1.54, 1.807) is 18.2 Å². The molecule has 0 fully saturated rings. The van der Waals surface area contributed by atoms with Gasteiger partial charge in [-0.05, 0) is 42.8 Å². The quantitative estimate of drug-likeness (QED) is 0.312. The predicted molar refractivity (Wildman–Crippen MR) is 81.1 cm³/mol. The smallest absolute Gasteiger partial charge is 0.339 e. The molecule has 2 aromatic carbocycles. The van der Waals surface area contributed by atoms with E-state index in [1.807, 2.05) is 6.92 Å². The second-order valence-electron chi connectivity index (χ2n) is 4.38. The van der Waals surface area contributed by atoms with Crippen LogP contribution in [0.2, 0.25) is 0 Å². The molecule has 0 heterocycles. The Kier molecular flexibility index (Phi) is 5.66. The van der Waals surface area contributed by atoms with E-state index in [-0.39, 0.29) is 17.0 Å². The van der Waals surface area contributed by atoms with Crippen LogP contribution in [0, 0.1) is 6.92 Å². The fourth-order valence-electron chi connectivity index (χ4n) is 1.67. The number of aromatic hydroxyl groups is 1. The van der Waals surface area contributed by atoms with Crippen molar-refractivity contribution in [3.63, 3.8) is 0 Å². The minimum atomic E-state index is -1.25. The molecule has 0 saturated heterocycles. The van der Waals surface area contributed by atoms with Crippen molar-refractivity contribution < 1.29 is 29.6 Å². The van der Waals surface area contributed by atoms with Gasteiger partial charge in [-0.1, -0.05) is 11.1 Å². The molecule has 0 aliphatic rings. The summed E-state index contributed by atoms with van der Waals surface area (Å²) in [6.07, 6.45) is 0. The molecule has 120 valence electrons. The van der Waals surface area contributed by atoms with Crippen LogP contribution in [0.3, 0.4) is 0 Å². The Bertz CT molecular complexity index is 750. The van der Waals surface area contributed by atoms with Crippen LogP contribution in [0.25, 0.3) is 0 Å². The lowest BCUT2D eigenvalue weighted by Gasteiger charge is -2.03. The Morgan fingerprint density at radius 1 is 1.13 bits per heavy atom. The van der Waals surface area contributed by atoms with Gasteiger partial charge in [0.15, 0.2) is 0 Å². The van der Waals surface area contributed by atoms with E-state index in [9.17, 15) is 9.90 Å². The lowest BCUT2D eigenvalue weighted by atomic mass is 10.2. The number of carboxylic acids is 1. The maximum Gasteiger partial charge on any atom is 0.339 e. The third kappa shape index (κ3) is 4.50. The zero-order chi connectivity index (χ0) is 16.8. The van der Waals surface area contributed by atoms with Crippen LogP contribution >= 0.6 is 12.0 Å². The van der Waals surface area contributed by atoms with Gasteiger partial charge in [0, 0.05) is 4.90 Å². The van der Waals surface area contributed by atoms with Crippen LogP contribution in [-0.4, -0.2) is 21.4 Å². The monoisotopic (exact) mass is 336 g/mol. The van der Waals surface area contributed by atoms with Crippen molar-refractivity contribution in [3.8, 4) is 5.75 Å². The molecule has 2 aromatic rings. The van der Waals surface area contributed by atoms with Gasteiger partial charge in [-0.25, -0.2) is 10.1 Å². The molecule has 0 aliphatic heterocycles. The Hall–Kier alpha value is -2.46. The Morgan fingerprint density at radius 3 is 2.43 bits per heavy atom. The summed E-state index contributed by atoms with van der Waals surface area (Å²) in [5.74, 6) is -1.60. The third-order valence-electron chi connectivity index (χ3n) is 2.82. The second kappa shape index (κ2) is 7.70. The summed E-state index contributed by atoms with van der Waals surface area (Å²) in [5.41, 5.74) is 1.40. The van der Waals surface area contributed by atoms with E-state index in [2.05, 4.69) is 19.6 Å². The van der Waals surface area contributed by atoms with Gasteiger partial charge in [0.05, 0.1) is 23.4 Å². The largest absolute Gasteiger partial charge is 0.507 e. The van der Waals surface area contributed by atoms with Gasteiger partial charge in [0.1, 0.15) is 11.3 Å². The highest BCUT2D eigenvalue weighted by molar-refractivity contribution is 7.94. The number of nitrogens with zero attached hydrogens (tertiary/aromatic N) is 2. The summed E-state index contributed by atoms with van der Waals surface area (Å²) in [5, 5.41) is 38.0. The van der Waals surface area contributed by atoms with Crippen molar-refractivity contribution in [1.29, 1.82) is 0 Å². The van der Waals surface area contributed by atoms with Crippen LogP contribution in [0.15, 0.2) is 51.5 Å². The molecule has 23 heavy (non-hydrogen) atoms. The van der Waals surface area contributed by atoms with E-state index >= 15 is 0 Å². The number of hydrogen-bond acceptors (Lipinski definition) is 8. The summed E-state index contributed by atoms with van der Waals surface area (Å²) < 4.78 is 4.38. The van der Waals surface area contributed by atoms with E-state index in [1.165, 1.54) is 18.2 Å². The first-order chi connectivity index (χ1) is 11.0. The lowest BCUT2D eigenvalue weighted by Crippen LogP contribution is -1.95. The van der Waals surface area contributed by atoms with Crippen LogP contribution in [0.5, 0.6) is 5.75 Å². The molecule has 0 unspecified atom stereocenters. The molecule has 8 nitrogen and oxygen atoms in total. The molecule has 2 rings (SSSR count). The number of rotatable bonds is 6. The van der Waals surface area contributed by atoms with Crippen molar-refractivity contribution in [3.05, 3.63) is 47.5 Å². The van der Waals surface area contributed by atoms with Crippen molar-refractivity contribution in [1.82, 2.24) is 0 Å². The van der Waals surface area contributed by atoms with Gasteiger partial charge >= 0.3 is 5.97 Å². The molecular formula is C14H12N2O6S. The molecule has 0 bridgehead atoms. The van der Waals surface area contributed by atoms with E-state index in [0.29, 0.717) is 10.6 Å². The number of aromatic carboxylic acids is 1. The number of hydrogen-bond donors (Lipinski definition) is 3. The predicted octanol–water partition coefficient (Wildman–Crippen LogP) is 4.24. The van der Waals surface area contributed by atoms with Crippen LogP contribution in [0.4, 0.5) is 11.4 Å². The number of aryl methyl sites for hydroxylation is 1. The first-order valence-electron chi connectivity index (χ1n) is 6.24. The highest BCUT2D eigenvalue weighted by Gasteiger charge is 2.10. The van der Waals surface area contributed by atoms with Gasteiger partial charge in [-0.15, -0.1) is 4.33 Å². The van der Waals surface area contributed by atoms with Crippen molar-refractivity contribution in [2.24, 2.45) is 10.2 Å². The number of phenols is 1. The minimum Gasteiger partial charge on any atom is -0.507 e. The summed E-state index contributed by atoms with van der Waals surface area (Å²) in [4.78, 5) is 11.6. The van der Waals surface area contributed by atoms with E-state index in [4.69, 9.17) is 10.4 Å². The number of azo groups is 1. The van der Waals surface area contributed by atoms with Gasteiger partial charge in [-0.2, -0.15) is 10.2 Å². The second-order valence-corrected chi connectivity index (χ2v) is 5.12. The fourth-order valence-corrected chi connectivity index (χ4v) is 2.14. The van der Waals surface area contributed by atoms with E-state index in [0.717, 1.165) is 17.6 Å². The molecule has 0 saturated carbocycles. The van der Waals surface area contributed by atoms with Gasteiger partial charge in [0.25, 0.3) is 0 Å². The summed E-state index contributed by atoms with van der Waals surface area (Å²) in [7, 11) is 0. The molecule has 0 spiro atoms. The van der Waals surface area contributed by atoms with Crippen molar-refractivity contribution in [2.75, 3.05) is 0 Å². The standard InChI is InChI=1S/C14H12N2O6S/c1-8-2-3-10(7-13(8)23-22-21-20)16-15-9-4-5-12(17)11(6-9)14(18)19/h2-7,17,20H,1H3,(H,18,19). The summed E-state index contributed by atoms with van der Waals surface area (Å²) in [6, 6.07) is 9.03. The number of carboxylic acid groups (broad SMARTS) is 1.